The summed E-state index contributed by atoms with van der Waals surface area (Å²) in [6, 6.07) is 2.89. The average Bonchev–Trinajstić information content (AvgIpc) is 2.15. The number of hydrogen-bond acceptors (Lipinski definition) is 2. The molecule has 0 aliphatic carbocycles. The standard InChI is InChI=1S/C11H12FNO2/c1-6(14)8-4-7-2-3-11(15)13-10(7)5-9(8)12/h4-6,14H,2-3H2,1H3,(H,13,15)/t6-/m1/s1. The van der Waals surface area contributed by atoms with Crippen LogP contribution in [0.3, 0.4) is 0 Å². The van der Waals surface area contributed by atoms with E-state index in [9.17, 15) is 14.3 Å². The first-order valence-electron chi connectivity index (χ1n) is 4.88. The van der Waals surface area contributed by atoms with Gasteiger partial charge >= 0.3 is 0 Å². The first kappa shape index (κ1) is 10.1. The fourth-order valence-corrected chi connectivity index (χ4v) is 1.74. The summed E-state index contributed by atoms with van der Waals surface area (Å²) in [4.78, 5) is 11.1. The zero-order chi connectivity index (χ0) is 11.0. The lowest BCUT2D eigenvalue weighted by molar-refractivity contribution is -0.116. The summed E-state index contributed by atoms with van der Waals surface area (Å²) < 4.78 is 13.4. The topological polar surface area (TPSA) is 49.3 Å². The molecule has 4 heteroatoms. The largest absolute Gasteiger partial charge is 0.389 e. The number of benzene rings is 1. The lowest BCUT2D eigenvalue weighted by Gasteiger charge is -2.19. The van der Waals surface area contributed by atoms with Crippen LogP contribution in [-0.2, 0) is 11.2 Å². The minimum absolute atomic E-state index is 0.0910. The van der Waals surface area contributed by atoms with Gasteiger partial charge in [-0.3, -0.25) is 4.79 Å². The highest BCUT2D eigenvalue weighted by molar-refractivity contribution is 5.93. The summed E-state index contributed by atoms with van der Waals surface area (Å²) in [6.07, 6.45) is 0.187. The summed E-state index contributed by atoms with van der Waals surface area (Å²) >= 11 is 0. The lowest BCUT2D eigenvalue weighted by atomic mass is 9.98. The van der Waals surface area contributed by atoms with Gasteiger partial charge in [0.1, 0.15) is 5.82 Å². The van der Waals surface area contributed by atoms with Crippen molar-refractivity contribution in [2.75, 3.05) is 5.32 Å². The third-order valence-electron chi connectivity index (χ3n) is 2.57. The summed E-state index contributed by atoms with van der Waals surface area (Å²) in [6.45, 7) is 1.52. The lowest BCUT2D eigenvalue weighted by Crippen LogP contribution is -2.19. The number of halogens is 1. The van der Waals surface area contributed by atoms with Crippen LogP contribution in [0.5, 0.6) is 0 Å². The van der Waals surface area contributed by atoms with Gasteiger partial charge in [-0.05, 0) is 31.0 Å². The van der Waals surface area contributed by atoms with Gasteiger partial charge in [0.2, 0.25) is 5.91 Å². The number of fused-ring (bicyclic) bond motifs is 1. The van der Waals surface area contributed by atoms with E-state index in [1.54, 1.807) is 6.07 Å². The first-order chi connectivity index (χ1) is 7.08. The highest BCUT2D eigenvalue weighted by atomic mass is 19.1. The second-order valence-electron chi connectivity index (χ2n) is 3.76. The van der Waals surface area contributed by atoms with Gasteiger partial charge in [0.25, 0.3) is 0 Å². The molecule has 80 valence electrons. The summed E-state index contributed by atoms with van der Waals surface area (Å²) in [5.74, 6) is -0.572. The van der Waals surface area contributed by atoms with Crippen molar-refractivity contribution >= 4 is 11.6 Å². The monoisotopic (exact) mass is 209 g/mol. The first-order valence-corrected chi connectivity index (χ1v) is 4.88. The number of hydrogen-bond donors (Lipinski definition) is 2. The highest BCUT2D eigenvalue weighted by Crippen LogP contribution is 2.28. The van der Waals surface area contributed by atoms with Gasteiger partial charge < -0.3 is 10.4 Å². The molecule has 0 saturated carbocycles. The Balaban J connectivity index is 2.46. The van der Waals surface area contributed by atoms with Crippen molar-refractivity contribution in [1.29, 1.82) is 0 Å². The van der Waals surface area contributed by atoms with Gasteiger partial charge in [-0.15, -0.1) is 0 Å². The molecule has 1 amide bonds. The Morgan fingerprint density at radius 3 is 2.87 bits per heavy atom. The molecule has 0 fully saturated rings. The van der Waals surface area contributed by atoms with E-state index in [2.05, 4.69) is 5.32 Å². The van der Waals surface area contributed by atoms with E-state index >= 15 is 0 Å². The molecule has 0 unspecified atom stereocenters. The van der Waals surface area contributed by atoms with Crippen LogP contribution in [0, 0.1) is 5.82 Å². The fraction of sp³-hybridized carbons (Fsp3) is 0.364. The van der Waals surface area contributed by atoms with Crippen molar-refractivity contribution in [2.24, 2.45) is 0 Å². The molecular formula is C11H12FNO2. The number of carbonyl (C=O) groups is 1. The van der Waals surface area contributed by atoms with Crippen LogP contribution < -0.4 is 5.32 Å². The molecular weight excluding hydrogens is 197 g/mol. The van der Waals surface area contributed by atoms with E-state index in [4.69, 9.17) is 0 Å². The molecule has 1 aliphatic heterocycles. The fourth-order valence-electron chi connectivity index (χ4n) is 1.74. The van der Waals surface area contributed by atoms with E-state index in [1.807, 2.05) is 0 Å². The summed E-state index contributed by atoms with van der Waals surface area (Å²) in [7, 11) is 0. The second kappa shape index (κ2) is 3.62. The molecule has 0 saturated heterocycles. The van der Waals surface area contributed by atoms with Gasteiger partial charge in [0.05, 0.1) is 6.10 Å². The van der Waals surface area contributed by atoms with Crippen molar-refractivity contribution in [3.63, 3.8) is 0 Å². The van der Waals surface area contributed by atoms with E-state index in [0.717, 1.165) is 5.56 Å². The van der Waals surface area contributed by atoms with Gasteiger partial charge in [-0.2, -0.15) is 0 Å². The van der Waals surface area contributed by atoms with Crippen LogP contribution >= 0.6 is 0 Å². The molecule has 1 aromatic rings. The molecule has 1 atom stereocenters. The SMILES string of the molecule is C[C@@H](O)c1cc2c(cc1F)NC(=O)CC2. The number of carbonyl (C=O) groups excluding carboxylic acids is 1. The zero-order valence-electron chi connectivity index (χ0n) is 8.38. The van der Waals surface area contributed by atoms with Gasteiger partial charge in [0, 0.05) is 17.7 Å². The smallest absolute Gasteiger partial charge is 0.224 e. The Morgan fingerprint density at radius 2 is 2.20 bits per heavy atom. The van der Waals surface area contributed by atoms with Crippen LogP contribution in [-0.4, -0.2) is 11.0 Å². The van der Waals surface area contributed by atoms with Crippen molar-refractivity contribution in [1.82, 2.24) is 0 Å². The Morgan fingerprint density at radius 1 is 1.47 bits per heavy atom. The predicted molar refractivity (Wildman–Crippen MR) is 54.0 cm³/mol. The van der Waals surface area contributed by atoms with E-state index in [0.29, 0.717) is 18.5 Å². The Labute approximate surface area is 86.9 Å². The van der Waals surface area contributed by atoms with E-state index in [1.165, 1.54) is 13.0 Å². The summed E-state index contributed by atoms with van der Waals surface area (Å²) in [5.41, 5.74) is 1.69. The van der Waals surface area contributed by atoms with Crippen LogP contribution in [0.25, 0.3) is 0 Å². The van der Waals surface area contributed by atoms with Crippen LogP contribution in [0.2, 0.25) is 0 Å². The molecule has 1 aromatic carbocycles. The molecule has 2 rings (SSSR count). The Kier molecular flexibility index (Phi) is 2.44. The summed E-state index contributed by atoms with van der Waals surface area (Å²) in [5, 5.41) is 11.9. The molecule has 15 heavy (non-hydrogen) atoms. The maximum atomic E-state index is 13.4. The predicted octanol–water partition coefficient (Wildman–Crippen LogP) is 1.76. The molecule has 0 aromatic heterocycles. The number of aryl methyl sites for hydroxylation is 1. The van der Waals surface area contributed by atoms with Crippen molar-refractivity contribution in [2.45, 2.75) is 25.9 Å². The Hall–Kier alpha value is -1.42. The molecule has 1 heterocycles. The van der Waals surface area contributed by atoms with Gasteiger partial charge in [-0.25, -0.2) is 4.39 Å². The number of aliphatic hydroxyl groups excluding tert-OH is 1. The maximum Gasteiger partial charge on any atom is 0.224 e. The number of aliphatic hydroxyl groups is 1. The number of rotatable bonds is 1. The van der Waals surface area contributed by atoms with Crippen molar-refractivity contribution < 1.29 is 14.3 Å². The molecule has 0 bridgehead atoms. The van der Waals surface area contributed by atoms with E-state index in [-0.39, 0.29) is 11.5 Å². The van der Waals surface area contributed by atoms with E-state index < -0.39 is 11.9 Å². The zero-order valence-corrected chi connectivity index (χ0v) is 8.38. The molecule has 2 N–H and O–H groups in total. The average molecular weight is 209 g/mol. The third kappa shape index (κ3) is 1.85. The van der Waals surface area contributed by atoms with Crippen LogP contribution in [0.1, 0.15) is 30.6 Å². The molecule has 0 spiro atoms. The minimum atomic E-state index is -0.826. The second-order valence-corrected chi connectivity index (χ2v) is 3.76. The van der Waals surface area contributed by atoms with Crippen molar-refractivity contribution in [3.8, 4) is 0 Å². The van der Waals surface area contributed by atoms with Gasteiger partial charge in [0.15, 0.2) is 0 Å². The normalized spacial score (nSPS) is 16.9. The number of amides is 1. The van der Waals surface area contributed by atoms with Crippen molar-refractivity contribution in [3.05, 3.63) is 29.1 Å². The van der Waals surface area contributed by atoms with Gasteiger partial charge in [-0.1, -0.05) is 0 Å². The third-order valence-corrected chi connectivity index (χ3v) is 2.57. The molecule has 3 nitrogen and oxygen atoms in total. The number of nitrogens with one attached hydrogen (secondary N) is 1. The Bertz CT molecular complexity index is 415. The molecule has 0 radical (unpaired) electrons. The highest BCUT2D eigenvalue weighted by Gasteiger charge is 2.18. The molecule has 1 aliphatic rings. The number of anilines is 1. The van der Waals surface area contributed by atoms with Crippen LogP contribution in [0.4, 0.5) is 10.1 Å². The maximum absolute atomic E-state index is 13.4. The minimum Gasteiger partial charge on any atom is -0.389 e. The quantitative estimate of drug-likeness (QED) is 0.740. The van der Waals surface area contributed by atoms with Crippen LogP contribution in [0.15, 0.2) is 12.1 Å².